The van der Waals surface area contributed by atoms with Crippen molar-refractivity contribution < 1.29 is 4.42 Å². The highest BCUT2D eigenvalue weighted by molar-refractivity contribution is 7.17. The Hall–Kier alpha value is -2.14. The van der Waals surface area contributed by atoms with Gasteiger partial charge in [0.1, 0.15) is 5.69 Å². The Bertz CT molecular complexity index is 701. The van der Waals surface area contributed by atoms with Crippen LogP contribution in [0.5, 0.6) is 0 Å². The van der Waals surface area contributed by atoms with E-state index < -0.39 is 0 Å². The van der Waals surface area contributed by atoms with Gasteiger partial charge in [-0.25, -0.2) is 9.97 Å². The smallest absolute Gasteiger partial charge is 0.228 e. The zero-order valence-electron chi connectivity index (χ0n) is 11.8. The van der Waals surface area contributed by atoms with Gasteiger partial charge in [-0.1, -0.05) is 20.4 Å². The Balaban J connectivity index is 0.000000704. The lowest BCUT2D eigenvalue weighted by Gasteiger charge is -2.05. The van der Waals surface area contributed by atoms with E-state index in [0.29, 0.717) is 5.95 Å². The molecule has 0 bridgehead atoms. The van der Waals surface area contributed by atoms with Gasteiger partial charge in [0, 0.05) is 5.70 Å². The molecule has 0 unspecified atom stereocenters. The van der Waals surface area contributed by atoms with Crippen LogP contribution in [0.15, 0.2) is 46.5 Å². The van der Waals surface area contributed by atoms with E-state index >= 15 is 0 Å². The van der Waals surface area contributed by atoms with E-state index in [0.717, 1.165) is 27.4 Å². The Morgan fingerprint density at radius 3 is 2.75 bits per heavy atom. The lowest BCUT2D eigenvalue weighted by atomic mass is 10.3. The molecule has 104 valence electrons. The zero-order chi connectivity index (χ0) is 14.5. The number of fused-ring (bicyclic) bond motifs is 1. The Morgan fingerprint density at radius 2 is 2.10 bits per heavy atom. The van der Waals surface area contributed by atoms with Gasteiger partial charge >= 0.3 is 0 Å². The maximum absolute atomic E-state index is 5.42. The minimum Gasteiger partial charge on any atom is -0.463 e. The third-order valence-electron chi connectivity index (χ3n) is 2.38. The standard InChI is InChI=1S/C13H11N3OS.C2H6/c1-8(2)14-13-15-9-5-7-18-12(9)11(16-13)10-4-3-6-17-10;1-2/h3-7H,1H2,2H3,(H,14,15,16);1-2H3. The maximum Gasteiger partial charge on any atom is 0.228 e. The van der Waals surface area contributed by atoms with Gasteiger partial charge in [0.15, 0.2) is 5.76 Å². The Kier molecular flexibility index (Phi) is 4.53. The van der Waals surface area contributed by atoms with Gasteiger partial charge in [0.2, 0.25) is 5.95 Å². The third kappa shape index (κ3) is 2.88. The number of anilines is 1. The summed E-state index contributed by atoms with van der Waals surface area (Å²) < 4.78 is 6.45. The first kappa shape index (κ1) is 14.3. The van der Waals surface area contributed by atoms with E-state index in [2.05, 4.69) is 21.9 Å². The highest BCUT2D eigenvalue weighted by Gasteiger charge is 2.12. The van der Waals surface area contributed by atoms with Crippen molar-refractivity contribution in [3.05, 3.63) is 42.1 Å². The van der Waals surface area contributed by atoms with E-state index in [1.807, 2.05) is 44.4 Å². The Morgan fingerprint density at radius 1 is 1.30 bits per heavy atom. The van der Waals surface area contributed by atoms with Crippen LogP contribution in [0.2, 0.25) is 0 Å². The summed E-state index contributed by atoms with van der Waals surface area (Å²) in [5, 5.41) is 5.03. The fraction of sp³-hybridized carbons (Fsp3) is 0.200. The fourth-order valence-corrected chi connectivity index (χ4v) is 2.52. The molecule has 0 radical (unpaired) electrons. The molecule has 0 spiro atoms. The number of nitrogens with zero attached hydrogens (tertiary/aromatic N) is 2. The number of rotatable bonds is 3. The monoisotopic (exact) mass is 287 g/mol. The minimum absolute atomic E-state index is 0.541. The molecule has 0 aliphatic carbocycles. The van der Waals surface area contributed by atoms with Gasteiger partial charge in [-0.15, -0.1) is 11.3 Å². The van der Waals surface area contributed by atoms with Crippen molar-refractivity contribution in [2.24, 2.45) is 0 Å². The molecule has 3 aromatic rings. The van der Waals surface area contributed by atoms with Crippen molar-refractivity contribution in [1.82, 2.24) is 9.97 Å². The van der Waals surface area contributed by atoms with Crippen LogP contribution in [0, 0.1) is 0 Å². The zero-order valence-corrected chi connectivity index (χ0v) is 12.6. The lowest BCUT2D eigenvalue weighted by molar-refractivity contribution is 0.581. The summed E-state index contributed by atoms with van der Waals surface area (Å²) >= 11 is 1.60. The second-order valence-electron chi connectivity index (χ2n) is 3.91. The van der Waals surface area contributed by atoms with Gasteiger partial charge in [-0.3, -0.25) is 0 Å². The number of furan rings is 1. The molecule has 4 nitrogen and oxygen atoms in total. The molecule has 20 heavy (non-hydrogen) atoms. The molecule has 0 aliphatic heterocycles. The van der Waals surface area contributed by atoms with Crippen molar-refractivity contribution in [2.75, 3.05) is 5.32 Å². The molecular weight excluding hydrogens is 270 g/mol. The second kappa shape index (κ2) is 6.34. The van der Waals surface area contributed by atoms with Crippen LogP contribution >= 0.6 is 11.3 Å². The Labute approximate surface area is 122 Å². The summed E-state index contributed by atoms with van der Waals surface area (Å²) in [6, 6.07) is 5.71. The van der Waals surface area contributed by atoms with Crippen LogP contribution in [-0.4, -0.2) is 9.97 Å². The predicted octanol–water partition coefficient (Wildman–Crippen LogP) is 4.92. The summed E-state index contributed by atoms with van der Waals surface area (Å²) in [5.74, 6) is 1.29. The molecule has 0 atom stereocenters. The molecule has 0 fully saturated rings. The van der Waals surface area contributed by atoms with Crippen molar-refractivity contribution in [1.29, 1.82) is 0 Å². The summed E-state index contributed by atoms with van der Waals surface area (Å²) in [7, 11) is 0. The van der Waals surface area contributed by atoms with Crippen LogP contribution in [0.4, 0.5) is 5.95 Å². The lowest BCUT2D eigenvalue weighted by Crippen LogP contribution is -2.00. The summed E-state index contributed by atoms with van der Waals surface area (Å²) in [5.41, 5.74) is 2.52. The van der Waals surface area contributed by atoms with Gasteiger partial charge in [-0.2, -0.15) is 0 Å². The molecule has 5 heteroatoms. The number of thiophene rings is 1. The second-order valence-corrected chi connectivity index (χ2v) is 4.83. The number of hydrogen-bond acceptors (Lipinski definition) is 5. The first-order chi connectivity index (χ1) is 9.74. The van der Waals surface area contributed by atoms with Crippen molar-refractivity contribution in [2.45, 2.75) is 20.8 Å². The molecule has 1 N–H and O–H groups in total. The number of aromatic nitrogens is 2. The minimum atomic E-state index is 0.541. The molecule has 0 saturated carbocycles. The van der Waals surface area contributed by atoms with Crippen molar-refractivity contribution in [3.8, 4) is 11.5 Å². The topological polar surface area (TPSA) is 51.0 Å². The van der Waals surface area contributed by atoms with E-state index in [4.69, 9.17) is 4.42 Å². The van der Waals surface area contributed by atoms with Crippen LogP contribution in [0.25, 0.3) is 21.7 Å². The van der Waals surface area contributed by atoms with Gasteiger partial charge < -0.3 is 9.73 Å². The molecule has 3 aromatic heterocycles. The van der Waals surface area contributed by atoms with E-state index in [9.17, 15) is 0 Å². The summed E-state index contributed by atoms with van der Waals surface area (Å²) in [4.78, 5) is 8.92. The SMILES string of the molecule is C=C(C)Nc1nc(-c2ccco2)c2sccc2n1.CC. The van der Waals surface area contributed by atoms with E-state index in [-0.39, 0.29) is 0 Å². The van der Waals surface area contributed by atoms with E-state index in [1.54, 1.807) is 17.6 Å². The van der Waals surface area contributed by atoms with Crippen molar-refractivity contribution in [3.63, 3.8) is 0 Å². The average molecular weight is 287 g/mol. The third-order valence-corrected chi connectivity index (χ3v) is 3.29. The number of hydrogen-bond donors (Lipinski definition) is 1. The average Bonchev–Trinajstić information content (AvgIpc) is 3.10. The maximum atomic E-state index is 5.42. The summed E-state index contributed by atoms with van der Waals surface area (Å²) in [6.07, 6.45) is 1.64. The fourth-order valence-electron chi connectivity index (χ4n) is 1.69. The first-order valence-electron chi connectivity index (χ1n) is 6.45. The highest BCUT2D eigenvalue weighted by atomic mass is 32.1. The molecule has 3 rings (SSSR count). The van der Waals surface area contributed by atoms with Crippen LogP contribution < -0.4 is 5.32 Å². The number of nitrogens with one attached hydrogen (secondary N) is 1. The largest absolute Gasteiger partial charge is 0.463 e. The molecular formula is C15H17N3OS. The van der Waals surface area contributed by atoms with Gasteiger partial charge in [0.25, 0.3) is 0 Å². The molecule has 3 heterocycles. The molecule has 0 aromatic carbocycles. The predicted molar refractivity (Wildman–Crippen MR) is 84.9 cm³/mol. The van der Waals surface area contributed by atoms with Crippen molar-refractivity contribution >= 4 is 27.5 Å². The van der Waals surface area contributed by atoms with Gasteiger partial charge in [0.05, 0.1) is 16.5 Å². The molecule has 0 amide bonds. The summed E-state index contributed by atoms with van der Waals surface area (Å²) in [6.45, 7) is 9.67. The van der Waals surface area contributed by atoms with Crippen LogP contribution in [0.1, 0.15) is 20.8 Å². The normalized spacial score (nSPS) is 9.95. The van der Waals surface area contributed by atoms with E-state index in [1.165, 1.54) is 0 Å². The quantitative estimate of drug-likeness (QED) is 0.742. The van der Waals surface area contributed by atoms with Crippen LogP contribution in [0.3, 0.4) is 0 Å². The molecule has 0 aliphatic rings. The first-order valence-corrected chi connectivity index (χ1v) is 7.33. The van der Waals surface area contributed by atoms with Crippen LogP contribution in [-0.2, 0) is 0 Å². The van der Waals surface area contributed by atoms with Gasteiger partial charge in [-0.05, 0) is 30.5 Å². The number of allylic oxidation sites excluding steroid dienone is 1. The molecule has 0 saturated heterocycles. The highest BCUT2D eigenvalue weighted by Crippen LogP contribution is 2.31.